The Kier molecular flexibility index (Phi) is 4.23. The Bertz CT molecular complexity index is 1050. The van der Waals surface area contributed by atoms with Crippen LogP contribution in [0.3, 0.4) is 0 Å². The van der Waals surface area contributed by atoms with Gasteiger partial charge in [0.1, 0.15) is 11.6 Å². The molecule has 1 saturated heterocycles. The van der Waals surface area contributed by atoms with Crippen molar-refractivity contribution in [2.75, 3.05) is 11.4 Å². The van der Waals surface area contributed by atoms with E-state index in [2.05, 4.69) is 10.2 Å². The van der Waals surface area contributed by atoms with Crippen molar-refractivity contribution >= 4 is 22.6 Å². The molecule has 4 nitrogen and oxygen atoms in total. The molecule has 2 fully saturated rings. The van der Waals surface area contributed by atoms with Gasteiger partial charge in [0.15, 0.2) is 0 Å². The van der Waals surface area contributed by atoms with Crippen LogP contribution in [0.1, 0.15) is 47.6 Å². The summed E-state index contributed by atoms with van der Waals surface area (Å²) in [5, 5.41) is 3.96. The minimum atomic E-state index is -0.222. The van der Waals surface area contributed by atoms with Crippen molar-refractivity contribution in [3.63, 3.8) is 0 Å². The zero-order valence-electron chi connectivity index (χ0n) is 15.6. The Morgan fingerprint density at radius 1 is 1.07 bits per heavy atom. The number of fused-ring (bicyclic) bond motifs is 1. The maximum Gasteiger partial charge on any atom is 0.252 e. The highest BCUT2D eigenvalue weighted by atomic mass is 19.1. The lowest BCUT2D eigenvalue weighted by molar-refractivity contribution is 0.0952. The fourth-order valence-corrected chi connectivity index (χ4v) is 4.09. The molecule has 5 heteroatoms. The lowest BCUT2D eigenvalue weighted by Gasteiger charge is -2.27. The first-order chi connectivity index (χ1) is 13.7. The smallest absolute Gasteiger partial charge is 0.252 e. The number of nitrogens with one attached hydrogen (secondary N) is 1. The van der Waals surface area contributed by atoms with E-state index in [1.54, 1.807) is 12.1 Å². The monoisotopic (exact) mass is 375 g/mol. The zero-order chi connectivity index (χ0) is 19.1. The highest BCUT2D eigenvalue weighted by Gasteiger charge is 2.29. The van der Waals surface area contributed by atoms with Crippen LogP contribution >= 0.6 is 0 Å². The largest absolute Gasteiger partial charge is 0.350 e. The second kappa shape index (κ2) is 6.89. The second-order valence-corrected chi connectivity index (χ2v) is 7.70. The molecule has 2 aliphatic rings. The van der Waals surface area contributed by atoms with Crippen LogP contribution in [0.15, 0.2) is 54.6 Å². The van der Waals surface area contributed by atoms with E-state index in [0.717, 1.165) is 54.5 Å². The molecule has 0 radical (unpaired) electrons. The standard InChI is InChI=1S/C23H22FN3O/c24-16-6-3-5-15(13-16)21-9-4-12-27(21)22-14-19(23(28)25-17-10-11-17)18-7-1-2-8-20(18)26-22/h1-3,5-8,13-14,17,21H,4,9-12H2,(H,25,28). The normalized spacial score (nSPS) is 19.2. The lowest BCUT2D eigenvalue weighted by atomic mass is 10.0. The molecule has 2 aromatic carbocycles. The third kappa shape index (κ3) is 3.21. The zero-order valence-corrected chi connectivity index (χ0v) is 15.6. The Hall–Kier alpha value is -2.95. The molecule has 3 aromatic rings. The molecule has 1 atom stereocenters. The SMILES string of the molecule is O=C(NC1CC1)c1cc(N2CCCC2c2cccc(F)c2)nc2ccccc12. The van der Waals surface area contributed by atoms with E-state index in [9.17, 15) is 9.18 Å². The van der Waals surface area contributed by atoms with Crippen molar-refractivity contribution in [1.82, 2.24) is 10.3 Å². The summed E-state index contributed by atoms with van der Waals surface area (Å²) in [5.41, 5.74) is 2.43. The number of nitrogens with zero attached hydrogens (tertiary/aromatic N) is 2. The molecule has 1 unspecified atom stereocenters. The predicted octanol–water partition coefficient (Wildman–Crippen LogP) is 4.61. The number of benzene rings is 2. The molecular formula is C23H22FN3O. The van der Waals surface area contributed by atoms with Crippen LogP contribution in [-0.2, 0) is 0 Å². The summed E-state index contributed by atoms with van der Waals surface area (Å²) in [6.07, 6.45) is 4.06. The second-order valence-electron chi connectivity index (χ2n) is 7.70. The van der Waals surface area contributed by atoms with E-state index in [4.69, 9.17) is 4.98 Å². The number of halogens is 1. The number of aromatic nitrogens is 1. The number of hydrogen-bond donors (Lipinski definition) is 1. The summed E-state index contributed by atoms with van der Waals surface area (Å²) in [5.74, 6) is 0.524. The summed E-state index contributed by atoms with van der Waals surface area (Å²) in [6, 6.07) is 16.8. The van der Waals surface area contributed by atoms with Gasteiger partial charge in [0.05, 0.1) is 17.1 Å². The molecule has 28 heavy (non-hydrogen) atoms. The molecule has 5 rings (SSSR count). The van der Waals surface area contributed by atoms with Gasteiger partial charge in [-0.15, -0.1) is 0 Å². The van der Waals surface area contributed by atoms with Crippen molar-refractivity contribution in [3.8, 4) is 0 Å². The highest BCUT2D eigenvalue weighted by molar-refractivity contribution is 6.07. The van der Waals surface area contributed by atoms with Crippen LogP contribution in [0.5, 0.6) is 0 Å². The molecule has 142 valence electrons. The third-order valence-corrected chi connectivity index (χ3v) is 5.64. The van der Waals surface area contributed by atoms with E-state index in [1.165, 1.54) is 6.07 Å². The molecule has 1 aliphatic heterocycles. The number of pyridine rings is 1. The first-order valence-electron chi connectivity index (χ1n) is 9.92. The van der Waals surface area contributed by atoms with Crippen molar-refractivity contribution in [2.45, 2.75) is 37.8 Å². The third-order valence-electron chi connectivity index (χ3n) is 5.64. The van der Waals surface area contributed by atoms with Crippen molar-refractivity contribution in [1.29, 1.82) is 0 Å². The van der Waals surface area contributed by atoms with Gasteiger partial charge in [0.25, 0.3) is 5.91 Å². The number of carbonyl (C=O) groups excluding carboxylic acids is 1. The van der Waals surface area contributed by atoms with Gasteiger partial charge in [0.2, 0.25) is 0 Å². The van der Waals surface area contributed by atoms with Gasteiger partial charge in [-0.3, -0.25) is 4.79 Å². The van der Waals surface area contributed by atoms with Crippen LogP contribution in [0.4, 0.5) is 10.2 Å². The van der Waals surface area contributed by atoms with E-state index in [1.807, 2.05) is 36.4 Å². The van der Waals surface area contributed by atoms with E-state index < -0.39 is 0 Å². The average molecular weight is 375 g/mol. The summed E-state index contributed by atoms with van der Waals surface area (Å²) < 4.78 is 13.8. The Balaban J connectivity index is 1.57. The number of carbonyl (C=O) groups is 1. The van der Waals surface area contributed by atoms with E-state index in [-0.39, 0.29) is 17.8 Å². The first kappa shape index (κ1) is 17.2. The molecule has 0 bridgehead atoms. The van der Waals surface area contributed by atoms with Gasteiger partial charge in [-0.25, -0.2) is 9.37 Å². The van der Waals surface area contributed by atoms with Crippen LogP contribution in [-0.4, -0.2) is 23.5 Å². The first-order valence-corrected chi connectivity index (χ1v) is 9.92. The van der Waals surface area contributed by atoms with Crippen LogP contribution in [0.2, 0.25) is 0 Å². The fourth-order valence-electron chi connectivity index (χ4n) is 4.09. The summed E-state index contributed by atoms with van der Waals surface area (Å²) in [4.78, 5) is 19.9. The van der Waals surface area contributed by atoms with Crippen molar-refractivity contribution in [2.24, 2.45) is 0 Å². The lowest BCUT2D eigenvalue weighted by Crippen LogP contribution is -2.27. The molecule has 2 heterocycles. The summed E-state index contributed by atoms with van der Waals surface area (Å²) in [7, 11) is 0. The van der Waals surface area contributed by atoms with Gasteiger partial charge >= 0.3 is 0 Å². The highest BCUT2D eigenvalue weighted by Crippen LogP contribution is 2.37. The molecule has 1 aliphatic carbocycles. The average Bonchev–Trinajstić information content (AvgIpc) is 3.38. The predicted molar refractivity (Wildman–Crippen MR) is 108 cm³/mol. The number of amides is 1. The maximum absolute atomic E-state index is 13.8. The van der Waals surface area contributed by atoms with Gasteiger partial charge in [-0.05, 0) is 55.5 Å². The molecule has 1 aromatic heterocycles. The molecule has 1 amide bonds. The van der Waals surface area contributed by atoms with Crippen molar-refractivity contribution in [3.05, 3.63) is 71.5 Å². The van der Waals surface area contributed by atoms with E-state index >= 15 is 0 Å². The number of hydrogen-bond acceptors (Lipinski definition) is 3. The van der Waals surface area contributed by atoms with Crippen LogP contribution < -0.4 is 10.2 Å². The molecule has 1 N–H and O–H groups in total. The minimum absolute atomic E-state index is 0.0381. The summed E-state index contributed by atoms with van der Waals surface area (Å²) >= 11 is 0. The molecular weight excluding hydrogens is 353 g/mol. The van der Waals surface area contributed by atoms with Gasteiger partial charge in [-0.1, -0.05) is 30.3 Å². The van der Waals surface area contributed by atoms with Gasteiger partial charge in [-0.2, -0.15) is 0 Å². The fraction of sp³-hybridized carbons (Fsp3) is 0.304. The molecule has 1 saturated carbocycles. The quantitative estimate of drug-likeness (QED) is 0.724. The van der Waals surface area contributed by atoms with Crippen molar-refractivity contribution < 1.29 is 9.18 Å². The number of rotatable bonds is 4. The summed E-state index contributed by atoms with van der Waals surface area (Å²) in [6.45, 7) is 0.843. The van der Waals surface area contributed by atoms with Crippen LogP contribution in [0.25, 0.3) is 10.9 Å². The Labute approximate surface area is 163 Å². The van der Waals surface area contributed by atoms with Gasteiger partial charge < -0.3 is 10.2 Å². The van der Waals surface area contributed by atoms with Crippen LogP contribution in [0, 0.1) is 5.82 Å². The number of para-hydroxylation sites is 1. The van der Waals surface area contributed by atoms with E-state index in [0.29, 0.717) is 11.6 Å². The number of anilines is 1. The topological polar surface area (TPSA) is 45.2 Å². The Morgan fingerprint density at radius 3 is 2.75 bits per heavy atom. The maximum atomic E-state index is 13.8. The van der Waals surface area contributed by atoms with Gasteiger partial charge in [0, 0.05) is 18.0 Å². The minimum Gasteiger partial charge on any atom is -0.350 e. The Morgan fingerprint density at radius 2 is 1.93 bits per heavy atom. The molecule has 0 spiro atoms.